The molecule has 3 rings (SSSR count). The first-order valence-electron chi connectivity index (χ1n) is 8.77. The highest BCUT2D eigenvalue weighted by Crippen LogP contribution is 2.21. The Morgan fingerprint density at radius 2 is 1.96 bits per heavy atom. The van der Waals surface area contributed by atoms with Gasteiger partial charge in [-0.15, -0.1) is 0 Å². The molecule has 0 atom stereocenters. The van der Waals surface area contributed by atoms with Crippen molar-refractivity contribution in [2.75, 3.05) is 19.0 Å². The molecule has 1 aromatic heterocycles. The molecule has 1 heterocycles. The van der Waals surface area contributed by atoms with Crippen LogP contribution in [0.4, 0.5) is 5.69 Å². The van der Waals surface area contributed by atoms with Crippen molar-refractivity contribution in [3.8, 4) is 11.5 Å². The van der Waals surface area contributed by atoms with E-state index in [4.69, 9.17) is 13.9 Å². The van der Waals surface area contributed by atoms with Gasteiger partial charge in [0.1, 0.15) is 22.6 Å². The van der Waals surface area contributed by atoms with Crippen molar-refractivity contribution in [1.82, 2.24) is 0 Å². The topological polar surface area (TPSA) is 77.8 Å². The summed E-state index contributed by atoms with van der Waals surface area (Å²) in [6.07, 6.45) is 2.00. The molecular formula is C21H21NO5. The summed E-state index contributed by atoms with van der Waals surface area (Å²) < 4.78 is 16.0. The number of carbonyl (C=O) groups excluding carboxylic acids is 1. The van der Waals surface area contributed by atoms with Gasteiger partial charge in [-0.1, -0.05) is 19.4 Å². The van der Waals surface area contributed by atoms with Gasteiger partial charge in [0.05, 0.1) is 13.7 Å². The molecule has 0 unspecified atom stereocenters. The molecule has 0 radical (unpaired) electrons. The molecular weight excluding hydrogens is 346 g/mol. The zero-order valence-electron chi connectivity index (χ0n) is 15.3. The molecule has 0 saturated carbocycles. The van der Waals surface area contributed by atoms with Crippen molar-refractivity contribution in [2.45, 2.75) is 19.8 Å². The SMILES string of the molecule is CCCCOc1cccc(NC(=O)c2cc3cc(OC)ccc3oc2=O)c1. The van der Waals surface area contributed by atoms with E-state index >= 15 is 0 Å². The van der Waals surface area contributed by atoms with Gasteiger partial charge in [-0.25, -0.2) is 4.79 Å². The van der Waals surface area contributed by atoms with Gasteiger partial charge in [0, 0.05) is 17.1 Å². The van der Waals surface area contributed by atoms with Crippen LogP contribution in [0.1, 0.15) is 30.1 Å². The average Bonchev–Trinajstić information content (AvgIpc) is 2.67. The Kier molecular flexibility index (Phi) is 5.76. The second-order valence-electron chi connectivity index (χ2n) is 6.04. The third kappa shape index (κ3) is 4.47. The maximum Gasteiger partial charge on any atom is 0.349 e. The Morgan fingerprint density at radius 3 is 2.74 bits per heavy atom. The first-order valence-corrected chi connectivity index (χ1v) is 8.77. The molecule has 0 aliphatic carbocycles. The van der Waals surface area contributed by atoms with Gasteiger partial charge in [0.15, 0.2) is 0 Å². The van der Waals surface area contributed by atoms with Crippen LogP contribution in [0.2, 0.25) is 0 Å². The molecule has 0 saturated heterocycles. The van der Waals surface area contributed by atoms with E-state index in [1.807, 2.05) is 6.07 Å². The van der Waals surface area contributed by atoms with Crippen molar-refractivity contribution in [3.63, 3.8) is 0 Å². The Balaban J connectivity index is 1.82. The number of nitrogens with one attached hydrogen (secondary N) is 1. The lowest BCUT2D eigenvalue weighted by Crippen LogP contribution is -2.20. The summed E-state index contributed by atoms with van der Waals surface area (Å²) in [6.45, 7) is 2.70. The minimum atomic E-state index is -0.694. The summed E-state index contributed by atoms with van der Waals surface area (Å²) in [5.41, 5.74) is 0.163. The predicted octanol–water partition coefficient (Wildman–Crippen LogP) is 4.23. The van der Waals surface area contributed by atoms with Gasteiger partial charge >= 0.3 is 5.63 Å². The Morgan fingerprint density at radius 1 is 1.11 bits per heavy atom. The first-order chi connectivity index (χ1) is 13.1. The minimum absolute atomic E-state index is 0.0759. The summed E-state index contributed by atoms with van der Waals surface area (Å²) in [5, 5.41) is 3.32. The van der Waals surface area contributed by atoms with Crippen LogP contribution in [0.25, 0.3) is 11.0 Å². The fourth-order valence-corrected chi connectivity index (χ4v) is 2.58. The Hall–Kier alpha value is -3.28. The van der Waals surface area contributed by atoms with Crippen LogP contribution in [0.15, 0.2) is 57.7 Å². The molecule has 140 valence electrons. The quantitative estimate of drug-likeness (QED) is 0.499. The Labute approximate surface area is 156 Å². The summed E-state index contributed by atoms with van der Waals surface area (Å²) >= 11 is 0. The maximum absolute atomic E-state index is 12.6. The standard InChI is InChI=1S/C21H21NO5/c1-3-4-10-26-17-7-5-6-15(13-17)22-20(23)18-12-14-11-16(25-2)8-9-19(14)27-21(18)24/h5-9,11-13H,3-4,10H2,1-2H3,(H,22,23). The van der Waals surface area contributed by atoms with Crippen molar-refractivity contribution in [2.24, 2.45) is 0 Å². The van der Waals surface area contributed by atoms with Crippen molar-refractivity contribution >= 4 is 22.6 Å². The van der Waals surface area contributed by atoms with E-state index in [1.54, 1.807) is 43.5 Å². The molecule has 0 aliphatic rings. The van der Waals surface area contributed by atoms with Crippen molar-refractivity contribution in [3.05, 3.63) is 64.5 Å². The number of amides is 1. The minimum Gasteiger partial charge on any atom is -0.497 e. The van der Waals surface area contributed by atoms with E-state index in [1.165, 1.54) is 6.07 Å². The van der Waals surface area contributed by atoms with Crippen LogP contribution in [0, 0.1) is 0 Å². The zero-order chi connectivity index (χ0) is 19.2. The second-order valence-corrected chi connectivity index (χ2v) is 6.04. The van der Waals surface area contributed by atoms with E-state index < -0.39 is 11.5 Å². The van der Waals surface area contributed by atoms with E-state index in [0.717, 1.165) is 12.8 Å². The lowest BCUT2D eigenvalue weighted by atomic mass is 10.1. The summed E-state index contributed by atoms with van der Waals surface area (Å²) in [4.78, 5) is 24.7. The maximum atomic E-state index is 12.6. The largest absolute Gasteiger partial charge is 0.497 e. The predicted molar refractivity (Wildman–Crippen MR) is 104 cm³/mol. The highest BCUT2D eigenvalue weighted by molar-refractivity contribution is 6.05. The number of hydrogen-bond donors (Lipinski definition) is 1. The van der Waals surface area contributed by atoms with Gasteiger partial charge in [0.25, 0.3) is 5.91 Å². The number of rotatable bonds is 7. The monoisotopic (exact) mass is 367 g/mol. The molecule has 0 spiro atoms. The zero-order valence-corrected chi connectivity index (χ0v) is 15.3. The lowest BCUT2D eigenvalue weighted by molar-refractivity contribution is 0.102. The van der Waals surface area contributed by atoms with Crippen LogP contribution < -0.4 is 20.4 Å². The van der Waals surface area contributed by atoms with E-state index in [9.17, 15) is 9.59 Å². The van der Waals surface area contributed by atoms with Crippen LogP contribution in [0.5, 0.6) is 11.5 Å². The van der Waals surface area contributed by atoms with Gasteiger partial charge in [-0.3, -0.25) is 4.79 Å². The number of ether oxygens (including phenoxy) is 2. The number of fused-ring (bicyclic) bond motifs is 1. The smallest absolute Gasteiger partial charge is 0.349 e. The van der Waals surface area contributed by atoms with E-state index in [0.29, 0.717) is 34.8 Å². The summed E-state index contributed by atoms with van der Waals surface area (Å²) in [6, 6.07) is 13.6. The number of carbonyl (C=O) groups is 1. The van der Waals surface area contributed by atoms with Crippen molar-refractivity contribution in [1.29, 1.82) is 0 Å². The highest BCUT2D eigenvalue weighted by Gasteiger charge is 2.14. The van der Waals surface area contributed by atoms with E-state index in [2.05, 4.69) is 12.2 Å². The summed E-state index contributed by atoms with van der Waals surface area (Å²) in [5.74, 6) is 0.732. The molecule has 1 amide bonds. The number of hydrogen-bond acceptors (Lipinski definition) is 5. The molecule has 27 heavy (non-hydrogen) atoms. The molecule has 1 N–H and O–H groups in total. The molecule has 0 aliphatic heterocycles. The van der Waals surface area contributed by atoms with Gasteiger partial charge in [-0.2, -0.15) is 0 Å². The fraction of sp³-hybridized carbons (Fsp3) is 0.238. The van der Waals surface area contributed by atoms with E-state index in [-0.39, 0.29) is 5.56 Å². The third-order valence-corrected chi connectivity index (χ3v) is 4.04. The number of benzene rings is 2. The van der Waals surface area contributed by atoms with Crippen molar-refractivity contribution < 1.29 is 18.7 Å². The third-order valence-electron chi connectivity index (χ3n) is 4.04. The number of methoxy groups -OCH3 is 1. The first kappa shape index (κ1) is 18.5. The average molecular weight is 367 g/mol. The van der Waals surface area contributed by atoms with Gasteiger partial charge < -0.3 is 19.2 Å². The Bertz CT molecular complexity index is 1010. The molecule has 2 aromatic carbocycles. The van der Waals surface area contributed by atoms with Gasteiger partial charge in [0.2, 0.25) is 0 Å². The lowest BCUT2D eigenvalue weighted by Gasteiger charge is -2.09. The molecule has 0 fully saturated rings. The highest BCUT2D eigenvalue weighted by atomic mass is 16.5. The molecule has 6 heteroatoms. The van der Waals surface area contributed by atoms with Crippen LogP contribution >= 0.6 is 0 Å². The van der Waals surface area contributed by atoms with Gasteiger partial charge in [-0.05, 0) is 42.8 Å². The molecule has 3 aromatic rings. The number of anilines is 1. The number of unbranched alkanes of at least 4 members (excludes halogenated alkanes) is 1. The second kappa shape index (κ2) is 8.40. The summed E-state index contributed by atoms with van der Waals surface area (Å²) in [7, 11) is 1.55. The molecule has 6 nitrogen and oxygen atoms in total. The van der Waals surface area contributed by atoms with Crippen LogP contribution in [-0.4, -0.2) is 19.6 Å². The van der Waals surface area contributed by atoms with Crippen LogP contribution in [-0.2, 0) is 0 Å². The fourth-order valence-electron chi connectivity index (χ4n) is 2.58. The normalized spacial score (nSPS) is 10.6. The van der Waals surface area contributed by atoms with Crippen LogP contribution in [0.3, 0.4) is 0 Å². The molecule has 0 bridgehead atoms.